The van der Waals surface area contributed by atoms with Gasteiger partial charge in [0.15, 0.2) is 6.61 Å². The summed E-state index contributed by atoms with van der Waals surface area (Å²) in [4.78, 5) is 32.5. The Morgan fingerprint density at radius 1 is 1.25 bits per heavy atom. The van der Waals surface area contributed by atoms with Gasteiger partial charge in [0, 0.05) is 29.4 Å². The molecule has 1 amide bonds. The normalized spacial score (nSPS) is 13.3. The highest BCUT2D eigenvalue weighted by Gasteiger charge is 2.23. The van der Waals surface area contributed by atoms with Crippen LogP contribution in [0.1, 0.15) is 26.5 Å². The molecule has 6 nitrogen and oxygen atoms in total. The molecule has 0 fully saturated rings. The van der Waals surface area contributed by atoms with Gasteiger partial charge in [0.2, 0.25) is 0 Å². The van der Waals surface area contributed by atoms with Crippen LogP contribution >= 0.6 is 11.3 Å². The second kappa shape index (κ2) is 7.59. The monoisotopic (exact) mass is 396 g/mol. The van der Waals surface area contributed by atoms with E-state index in [1.165, 1.54) is 10.4 Å². The van der Waals surface area contributed by atoms with E-state index in [0.717, 1.165) is 17.3 Å². The van der Waals surface area contributed by atoms with Crippen LogP contribution < -0.4 is 4.74 Å². The number of rotatable bonds is 4. The number of aryl methyl sites for hydroxylation is 1. The largest absolute Gasteiger partial charge is 0.497 e. The zero-order valence-electron chi connectivity index (χ0n) is 15.7. The van der Waals surface area contributed by atoms with Crippen LogP contribution in [0.15, 0.2) is 35.7 Å². The highest BCUT2D eigenvalue weighted by Crippen LogP contribution is 2.24. The van der Waals surface area contributed by atoms with Crippen LogP contribution in [0.4, 0.5) is 0 Å². The van der Waals surface area contributed by atoms with Gasteiger partial charge in [-0.2, -0.15) is 0 Å². The predicted molar refractivity (Wildman–Crippen MR) is 107 cm³/mol. The standard InChI is InChI=1S/C21H20N2O4S/c1-13-17(9-14-3-4-16(26-2)10-18(14)22-13)21(25)27-12-20(24)23-7-5-19-15(11-23)6-8-28-19/h3-4,6,8-10H,5,7,11-12H2,1-2H3. The van der Waals surface area contributed by atoms with Gasteiger partial charge in [-0.05, 0) is 48.6 Å². The molecule has 0 aliphatic carbocycles. The zero-order valence-corrected chi connectivity index (χ0v) is 16.5. The first kappa shape index (κ1) is 18.4. The molecule has 3 aromatic rings. The Morgan fingerprint density at radius 2 is 2.11 bits per heavy atom. The van der Waals surface area contributed by atoms with Gasteiger partial charge in [0.1, 0.15) is 5.75 Å². The Morgan fingerprint density at radius 3 is 2.93 bits per heavy atom. The van der Waals surface area contributed by atoms with Crippen LogP contribution in [-0.4, -0.2) is 42.0 Å². The van der Waals surface area contributed by atoms with E-state index in [0.29, 0.717) is 30.1 Å². The van der Waals surface area contributed by atoms with E-state index < -0.39 is 5.97 Å². The lowest BCUT2D eigenvalue weighted by Gasteiger charge is -2.26. The molecule has 0 saturated heterocycles. The number of methoxy groups -OCH3 is 1. The van der Waals surface area contributed by atoms with E-state index >= 15 is 0 Å². The van der Waals surface area contributed by atoms with E-state index in [9.17, 15) is 9.59 Å². The number of carbonyl (C=O) groups excluding carboxylic acids is 2. The zero-order chi connectivity index (χ0) is 19.7. The number of thiophene rings is 1. The third kappa shape index (κ3) is 3.57. The number of nitrogens with zero attached hydrogens (tertiary/aromatic N) is 2. The van der Waals surface area contributed by atoms with Crippen LogP contribution in [-0.2, 0) is 22.5 Å². The van der Waals surface area contributed by atoms with E-state index in [2.05, 4.69) is 4.98 Å². The topological polar surface area (TPSA) is 68.7 Å². The van der Waals surface area contributed by atoms with Crippen LogP contribution in [0.25, 0.3) is 10.9 Å². The van der Waals surface area contributed by atoms with Gasteiger partial charge in [-0.25, -0.2) is 4.79 Å². The van der Waals surface area contributed by atoms with Gasteiger partial charge in [-0.1, -0.05) is 0 Å². The second-order valence-electron chi connectivity index (χ2n) is 6.69. The summed E-state index contributed by atoms with van der Waals surface area (Å²) in [6.45, 7) is 2.72. The molecule has 144 valence electrons. The minimum absolute atomic E-state index is 0.179. The summed E-state index contributed by atoms with van der Waals surface area (Å²) in [6.07, 6.45) is 0.851. The molecule has 28 heavy (non-hydrogen) atoms. The Balaban J connectivity index is 1.43. The summed E-state index contributed by atoms with van der Waals surface area (Å²) in [5.74, 6) is -0.0127. The van der Waals surface area contributed by atoms with Crippen molar-refractivity contribution in [1.82, 2.24) is 9.88 Å². The molecule has 1 aromatic carbocycles. The smallest absolute Gasteiger partial charge is 0.340 e. The highest BCUT2D eigenvalue weighted by atomic mass is 32.1. The molecule has 3 heterocycles. The fourth-order valence-corrected chi connectivity index (χ4v) is 4.22. The van der Waals surface area contributed by atoms with Crippen LogP contribution in [0.2, 0.25) is 0 Å². The quantitative estimate of drug-likeness (QED) is 0.633. The number of pyridine rings is 1. The minimum atomic E-state index is -0.538. The van der Waals surface area contributed by atoms with Crippen LogP contribution in [0, 0.1) is 6.92 Å². The average Bonchev–Trinajstić information content (AvgIpc) is 3.18. The average molecular weight is 396 g/mol. The maximum absolute atomic E-state index is 12.5. The lowest BCUT2D eigenvalue weighted by atomic mass is 10.1. The van der Waals surface area contributed by atoms with Crippen molar-refractivity contribution < 1.29 is 19.1 Å². The Kier molecular flexibility index (Phi) is 5.00. The molecule has 1 aliphatic rings. The summed E-state index contributed by atoms with van der Waals surface area (Å²) in [5.41, 5.74) is 2.84. The minimum Gasteiger partial charge on any atom is -0.497 e. The number of fused-ring (bicyclic) bond motifs is 2. The fourth-order valence-electron chi connectivity index (χ4n) is 3.33. The summed E-state index contributed by atoms with van der Waals surface area (Å²) in [7, 11) is 1.60. The molecule has 2 aromatic heterocycles. The maximum Gasteiger partial charge on any atom is 0.340 e. The number of amides is 1. The third-order valence-corrected chi connectivity index (χ3v) is 5.95. The number of benzene rings is 1. The lowest BCUT2D eigenvalue weighted by molar-refractivity contribution is -0.135. The lowest BCUT2D eigenvalue weighted by Crippen LogP contribution is -2.38. The molecule has 4 rings (SSSR count). The summed E-state index contributed by atoms with van der Waals surface area (Å²) in [5, 5.41) is 2.86. The van der Waals surface area contributed by atoms with Crippen molar-refractivity contribution in [3.05, 3.63) is 57.4 Å². The maximum atomic E-state index is 12.5. The van der Waals surface area contributed by atoms with Gasteiger partial charge in [0.05, 0.1) is 23.9 Å². The number of esters is 1. The predicted octanol–water partition coefficient (Wildman–Crippen LogP) is 3.36. The van der Waals surface area contributed by atoms with Gasteiger partial charge < -0.3 is 14.4 Å². The number of hydrogen-bond donors (Lipinski definition) is 0. The third-order valence-electron chi connectivity index (χ3n) is 4.92. The molecule has 1 aliphatic heterocycles. The van der Waals surface area contributed by atoms with Gasteiger partial charge in [-0.3, -0.25) is 9.78 Å². The first-order valence-electron chi connectivity index (χ1n) is 9.00. The second-order valence-corrected chi connectivity index (χ2v) is 7.69. The van der Waals surface area contributed by atoms with E-state index in [1.807, 2.05) is 29.6 Å². The number of carbonyl (C=O) groups is 2. The number of hydrogen-bond acceptors (Lipinski definition) is 6. The van der Waals surface area contributed by atoms with Crippen molar-refractivity contribution in [3.63, 3.8) is 0 Å². The van der Waals surface area contributed by atoms with E-state index in [-0.39, 0.29) is 12.5 Å². The first-order valence-corrected chi connectivity index (χ1v) is 9.88. The molecule has 0 radical (unpaired) electrons. The van der Waals surface area contributed by atoms with Crippen molar-refractivity contribution in [1.29, 1.82) is 0 Å². The molecule has 0 spiro atoms. The SMILES string of the molecule is COc1ccc2cc(C(=O)OCC(=O)N3CCc4sccc4C3)c(C)nc2c1. The van der Waals surface area contributed by atoms with Gasteiger partial charge >= 0.3 is 5.97 Å². The number of aromatic nitrogens is 1. The Hall–Kier alpha value is -2.93. The molecule has 0 bridgehead atoms. The summed E-state index contributed by atoms with van der Waals surface area (Å²) < 4.78 is 10.5. The molecule has 0 N–H and O–H groups in total. The van der Waals surface area contributed by atoms with Crippen molar-refractivity contribution in [2.45, 2.75) is 19.9 Å². The van der Waals surface area contributed by atoms with Crippen LogP contribution in [0.5, 0.6) is 5.75 Å². The first-order chi connectivity index (χ1) is 13.5. The molecule has 7 heteroatoms. The van der Waals surface area contributed by atoms with Crippen molar-refractivity contribution in [3.8, 4) is 5.75 Å². The van der Waals surface area contributed by atoms with Crippen molar-refractivity contribution in [2.24, 2.45) is 0 Å². The van der Waals surface area contributed by atoms with Gasteiger partial charge in [0.25, 0.3) is 5.91 Å². The van der Waals surface area contributed by atoms with Crippen LogP contribution in [0.3, 0.4) is 0 Å². The van der Waals surface area contributed by atoms with E-state index in [4.69, 9.17) is 9.47 Å². The fraction of sp³-hybridized carbons (Fsp3) is 0.286. The summed E-state index contributed by atoms with van der Waals surface area (Å²) in [6, 6.07) is 9.25. The molecular weight excluding hydrogens is 376 g/mol. The highest BCUT2D eigenvalue weighted by molar-refractivity contribution is 7.10. The van der Waals surface area contributed by atoms with Gasteiger partial charge in [-0.15, -0.1) is 11.3 Å². The molecule has 0 saturated carbocycles. The Bertz CT molecular complexity index is 1060. The van der Waals surface area contributed by atoms with Crippen molar-refractivity contribution >= 4 is 34.1 Å². The van der Waals surface area contributed by atoms with E-state index in [1.54, 1.807) is 36.3 Å². The molecule has 0 atom stereocenters. The molecule has 0 unspecified atom stereocenters. The summed E-state index contributed by atoms with van der Waals surface area (Å²) >= 11 is 1.72. The molecular formula is C21H20N2O4S. The Labute approximate surface area is 166 Å². The van der Waals surface area contributed by atoms with Crippen molar-refractivity contribution in [2.75, 3.05) is 20.3 Å². The number of ether oxygens (including phenoxy) is 2.